The van der Waals surface area contributed by atoms with E-state index in [2.05, 4.69) is 38.5 Å². The maximum Gasteiger partial charge on any atom is 0.244 e. The van der Waals surface area contributed by atoms with Crippen molar-refractivity contribution >= 4 is 48.5 Å². The molecule has 0 bridgehead atoms. The van der Waals surface area contributed by atoms with E-state index in [1.54, 1.807) is 19.2 Å². The number of aryl methyl sites for hydroxylation is 1. The number of hydrogen-bond acceptors (Lipinski definition) is 3. The molecule has 0 aliphatic carbocycles. The summed E-state index contributed by atoms with van der Waals surface area (Å²) in [5.41, 5.74) is 1.94. The predicted molar refractivity (Wildman–Crippen MR) is 111 cm³/mol. The Balaban J connectivity index is 2.03. The highest BCUT2D eigenvalue weighted by Crippen LogP contribution is 2.45. The summed E-state index contributed by atoms with van der Waals surface area (Å²) in [4.78, 5) is 0.308. The van der Waals surface area contributed by atoms with Crippen LogP contribution in [-0.2, 0) is 10.0 Å². The minimum atomic E-state index is -3.61. The van der Waals surface area contributed by atoms with Crippen LogP contribution in [-0.4, -0.2) is 26.4 Å². The number of halogens is 2. The number of sulfonamides is 1. The van der Waals surface area contributed by atoms with Gasteiger partial charge in [0.2, 0.25) is 10.0 Å². The smallest absolute Gasteiger partial charge is 0.244 e. The van der Waals surface area contributed by atoms with Gasteiger partial charge >= 0.3 is 0 Å². The molecule has 1 aliphatic rings. The standard InChI is InChI=1S/C18H17BrINO3S/c1-12-3-9-15(10-4-12)25(22,23)21-11-16(19)17(20)18(21)13-5-7-14(24-2)8-6-13/h3-10,18H,11H2,1-2H3/t18-/m1/s1. The monoisotopic (exact) mass is 533 g/mol. The van der Waals surface area contributed by atoms with E-state index in [1.165, 1.54) is 4.31 Å². The molecule has 7 heteroatoms. The summed E-state index contributed by atoms with van der Waals surface area (Å²) in [5, 5.41) is 0. The molecule has 2 aromatic rings. The minimum Gasteiger partial charge on any atom is -0.497 e. The van der Waals surface area contributed by atoms with E-state index < -0.39 is 10.0 Å². The summed E-state index contributed by atoms with van der Waals surface area (Å²) >= 11 is 5.74. The van der Waals surface area contributed by atoms with Crippen molar-refractivity contribution in [3.05, 3.63) is 67.7 Å². The van der Waals surface area contributed by atoms with Gasteiger partial charge < -0.3 is 4.74 Å². The molecule has 3 rings (SSSR count). The van der Waals surface area contributed by atoms with E-state index in [0.29, 0.717) is 11.4 Å². The molecule has 0 aromatic heterocycles. The third kappa shape index (κ3) is 3.65. The Bertz CT molecular complexity index is 908. The third-order valence-corrected chi connectivity index (χ3v) is 8.63. The molecule has 132 valence electrons. The molecule has 0 spiro atoms. The Morgan fingerprint density at radius 1 is 1.12 bits per heavy atom. The van der Waals surface area contributed by atoms with Crippen molar-refractivity contribution < 1.29 is 13.2 Å². The third-order valence-electron chi connectivity index (χ3n) is 4.14. The van der Waals surface area contributed by atoms with E-state index in [1.807, 2.05) is 43.3 Å². The Hall–Kier alpha value is -0.900. The molecule has 25 heavy (non-hydrogen) atoms. The highest BCUT2D eigenvalue weighted by atomic mass is 127. The zero-order valence-corrected chi connectivity index (χ0v) is 18.3. The van der Waals surface area contributed by atoms with Gasteiger partial charge in [-0.25, -0.2) is 8.42 Å². The number of benzene rings is 2. The molecule has 1 atom stereocenters. The van der Waals surface area contributed by atoms with Crippen molar-refractivity contribution in [3.8, 4) is 5.75 Å². The van der Waals surface area contributed by atoms with E-state index in [-0.39, 0.29) is 6.04 Å². The first-order chi connectivity index (χ1) is 11.8. The summed E-state index contributed by atoms with van der Waals surface area (Å²) in [6.45, 7) is 2.26. The topological polar surface area (TPSA) is 46.6 Å². The summed E-state index contributed by atoms with van der Waals surface area (Å²) in [6.07, 6.45) is 0. The number of hydrogen-bond donors (Lipinski definition) is 0. The van der Waals surface area contributed by atoms with E-state index >= 15 is 0 Å². The predicted octanol–water partition coefficient (Wildman–Crippen LogP) is 4.79. The van der Waals surface area contributed by atoms with Gasteiger partial charge in [-0.1, -0.05) is 45.8 Å². The lowest BCUT2D eigenvalue weighted by Gasteiger charge is -2.25. The lowest BCUT2D eigenvalue weighted by Crippen LogP contribution is -2.32. The van der Waals surface area contributed by atoms with Crippen molar-refractivity contribution in [2.75, 3.05) is 13.7 Å². The number of ether oxygens (including phenoxy) is 1. The van der Waals surface area contributed by atoms with Crippen LogP contribution in [0.2, 0.25) is 0 Å². The van der Waals surface area contributed by atoms with Crippen LogP contribution < -0.4 is 4.74 Å². The van der Waals surface area contributed by atoms with Crippen molar-refractivity contribution in [2.24, 2.45) is 0 Å². The van der Waals surface area contributed by atoms with Gasteiger partial charge in [-0.05, 0) is 59.3 Å². The Labute approximate surface area is 170 Å². The molecule has 2 aromatic carbocycles. The Morgan fingerprint density at radius 2 is 1.72 bits per heavy atom. The molecule has 0 saturated heterocycles. The van der Waals surface area contributed by atoms with Crippen LogP contribution >= 0.6 is 38.5 Å². The van der Waals surface area contributed by atoms with Gasteiger partial charge in [0, 0.05) is 14.6 Å². The highest BCUT2D eigenvalue weighted by molar-refractivity contribution is 14.1. The van der Waals surface area contributed by atoms with Gasteiger partial charge in [0.05, 0.1) is 18.0 Å². The van der Waals surface area contributed by atoms with Gasteiger partial charge in [-0.15, -0.1) is 0 Å². The lowest BCUT2D eigenvalue weighted by molar-refractivity contribution is 0.409. The van der Waals surface area contributed by atoms with Gasteiger partial charge in [-0.3, -0.25) is 0 Å². The first-order valence-corrected chi connectivity index (χ1v) is 10.9. The molecule has 1 heterocycles. The van der Waals surface area contributed by atoms with E-state index in [9.17, 15) is 8.42 Å². The van der Waals surface area contributed by atoms with Crippen molar-refractivity contribution in [1.82, 2.24) is 4.31 Å². The van der Waals surface area contributed by atoms with Crippen molar-refractivity contribution in [3.63, 3.8) is 0 Å². The molecular formula is C18H17BrINO3S. The molecule has 0 fully saturated rings. The van der Waals surface area contributed by atoms with Crippen LogP contribution in [0.4, 0.5) is 0 Å². The average Bonchev–Trinajstić information content (AvgIpc) is 2.91. The van der Waals surface area contributed by atoms with Crippen LogP contribution in [0.15, 0.2) is 61.5 Å². The average molecular weight is 534 g/mol. The zero-order valence-electron chi connectivity index (χ0n) is 13.7. The quantitative estimate of drug-likeness (QED) is 0.531. The Kier molecular flexibility index (Phi) is 5.57. The second-order valence-electron chi connectivity index (χ2n) is 5.79. The first-order valence-electron chi connectivity index (χ1n) is 7.61. The molecule has 0 saturated carbocycles. The minimum absolute atomic E-state index is 0.308. The zero-order chi connectivity index (χ0) is 18.2. The van der Waals surface area contributed by atoms with Crippen molar-refractivity contribution in [2.45, 2.75) is 17.9 Å². The van der Waals surface area contributed by atoms with Crippen LogP contribution in [0.5, 0.6) is 5.75 Å². The molecule has 0 amide bonds. The number of methoxy groups -OCH3 is 1. The van der Waals surface area contributed by atoms with Crippen LogP contribution in [0.25, 0.3) is 0 Å². The fourth-order valence-electron chi connectivity index (χ4n) is 2.75. The van der Waals surface area contributed by atoms with Gasteiger partial charge in [0.15, 0.2) is 0 Å². The molecule has 1 aliphatic heterocycles. The van der Waals surface area contributed by atoms with E-state index in [4.69, 9.17) is 4.74 Å². The summed E-state index contributed by atoms with van der Waals surface area (Å²) < 4.78 is 35.0. The van der Waals surface area contributed by atoms with Gasteiger partial charge in [0.25, 0.3) is 0 Å². The summed E-state index contributed by atoms with van der Waals surface area (Å²) in [7, 11) is -2.00. The van der Waals surface area contributed by atoms with Crippen molar-refractivity contribution in [1.29, 1.82) is 0 Å². The fraction of sp³-hybridized carbons (Fsp3) is 0.222. The summed E-state index contributed by atoms with van der Waals surface area (Å²) in [6, 6.07) is 14.1. The maximum absolute atomic E-state index is 13.2. The van der Waals surface area contributed by atoms with E-state index in [0.717, 1.165) is 24.9 Å². The van der Waals surface area contributed by atoms with Crippen LogP contribution in [0, 0.1) is 6.92 Å². The lowest BCUT2D eigenvalue weighted by atomic mass is 10.1. The molecular weight excluding hydrogens is 517 g/mol. The number of rotatable bonds is 4. The van der Waals surface area contributed by atoms with Crippen LogP contribution in [0.3, 0.4) is 0 Å². The molecule has 0 N–H and O–H groups in total. The second-order valence-corrected chi connectivity index (χ2v) is 9.80. The second kappa shape index (κ2) is 7.38. The largest absolute Gasteiger partial charge is 0.497 e. The highest BCUT2D eigenvalue weighted by Gasteiger charge is 2.40. The maximum atomic E-state index is 13.2. The molecule has 4 nitrogen and oxygen atoms in total. The normalized spacial score (nSPS) is 18.6. The summed E-state index contributed by atoms with van der Waals surface area (Å²) in [5.74, 6) is 0.743. The SMILES string of the molecule is COc1ccc([C@@H]2C(I)=C(Br)CN2S(=O)(=O)c2ccc(C)cc2)cc1. The fourth-order valence-corrected chi connectivity index (χ4v) is 6.01. The first kappa shape index (κ1) is 18.9. The molecule has 0 radical (unpaired) electrons. The Morgan fingerprint density at radius 3 is 2.28 bits per heavy atom. The number of nitrogens with zero attached hydrogens (tertiary/aromatic N) is 1. The van der Waals surface area contributed by atoms with Crippen LogP contribution in [0.1, 0.15) is 17.2 Å². The molecule has 0 unspecified atom stereocenters. The van der Waals surface area contributed by atoms with Gasteiger partial charge in [-0.2, -0.15) is 4.31 Å². The van der Waals surface area contributed by atoms with Gasteiger partial charge in [0.1, 0.15) is 5.75 Å².